The van der Waals surface area contributed by atoms with Gasteiger partial charge in [-0.25, -0.2) is 14.6 Å². The van der Waals surface area contributed by atoms with Crippen LogP contribution in [0.2, 0.25) is 0 Å². The first-order chi connectivity index (χ1) is 24.5. The molecule has 7 rings (SSSR count). The number of fused-ring (bicyclic) bond motifs is 2. The van der Waals surface area contributed by atoms with Crippen LogP contribution in [0.5, 0.6) is 11.6 Å². The van der Waals surface area contributed by atoms with E-state index in [1.165, 1.54) is 19.2 Å². The zero-order chi connectivity index (χ0) is 34.5. The molecule has 1 N–H and O–H groups in total. The van der Waals surface area contributed by atoms with Crippen molar-refractivity contribution in [2.24, 2.45) is 5.92 Å². The van der Waals surface area contributed by atoms with Crippen molar-refractivity contribution in [3.63, 3.8) is 0 Å². The van der Waals surface area contributed by atoms with Gasteiger partial charge in [-0.2, -0.15) is 5.26 Å². The number of tetrazole rings is 1. The summed E-state index contributed by atoms with van der Waals surface area (Å²) < 4.78 is 27.2. The Bertz CT molecular complexity index is 1720. The number of nitrogens with zero attached hydrogens (tertiary/aromatic N) is 10. The lowest BCUT2D eigenvalue weighted by Crippen LogP contribution is -2.52. The number of nitriles is 1. The molecule has 3 fully saturated rings. The van der Waals surface area contributed by atoms with Crippen molar-refractivity contribution < 1.29 is 18.9 Å². The van der Waals surface area contributed by atoms with Gasteiger partial charge in [0.15, 0.2) is 0 Å². The van der Waals surface area contributed by atoms with Gasteiger partial charge in [-0.15, -0.1) is 10.2 Å². The third-order valence-electron chi connectivity index (χ3n) is 9.91. The fourth-order valence-corrected chi connectivity index (χ4v) is 7.52. The van der Waals surface area contributed by atoms with E-state index < -0.39 is 0 Å². The molecule has 15 heteroatoms. The van der Waals surface area contributed by atoms with Gasteiger partial charge in [0, 0.05) is 49.1 Å². The number of rotatable bonds is 14. The molecule has 0 spiro atoms. The van der Waals surface area contributed by atoms with Gasteiger partial charge < -0.3 is 24.3 Å². The monoisotopic (exact) mass is 683 g/mol. The molecule has 4 atom stereocenters. The predicted molar refractivity (Wildman–Crippen MR) is 183 cm³/mol. The maximum absolute atomic E-state index is 9.69. The number of anilines is 2. The summed E-state index contributed by atoms with van der Waals surface area (Å²) in [5.74, 6) is 1.63. The molecule has 4 aromatic rings. The topological polar surface area (TPSA) is 163 Å². The van der Waals surface area contributed by atoms with Crippen molar-refractivity contribution in [2.75, 3.05) is 38.9 Å². The van der Waals surface area contributed by atoms with Gasteiger partial charge in [0.2, 0.25) is 5.95 Å². The zero-order valence-electron chi connectivity index (χ0n) is 28.9. The number of hydrogen-bond donors (Lipinski definition) is 1. The molecule has 1 saturated carbocycles. The first-order valence-electron chi connectivity index (χ1n) is 17.5. The number of aromatic nitrogens is 8. The molecule has 3 aromatic heterocycles. The molecule has 0 amide bonds. The van der Waals surface area contributed by atoms with E-state index >= 15 is 0 Å². The minimum Gasteiger partial charge on any atom is -0.487 e. The third kappa shape index (κ3) is 7.72. The van der Waals surface area contributed by atoms with Crippen LogP contribution in [0, 0.1) is 17.2 Å². The molecule has 2 aliphatic heterocycles. The van der Waals surface area contributed by atoms with Gasteiger partial charge in [0.05, 0.1) is 50.8 Å². The standard InChI is InChI=1S/C35H45N11O4/c1-23(18-47-3)19-49-34-32(17-45(41-34)28-6-8-29(9-7-28)46-30-10-11-31(46)21-48-20-30)40-35-37-14-27(15-38-35)25-4-5-26(13-36)33(12-25)50-24(2)16-44-22-39-42-43-44/h4-5,12,14-15,17,22-24,28-31H,6-11,16,18-21H2,1-3H3,(H,37,38,40)/t23-,24-,28-,29-,30-,31+/m0/s1. The van der Waals surface area contributed by atoms with E-state index in [-0.39, 0.29) is 12.0 Å². The third-order valence-corrected chi connectivity index (χ3v) is 9.91. The Morgan fingerprint density at radius 2 is 1.72 bits per heavy atom. The molecule has 2 saturated heterocycles. The van der Waals surface area contributed by atoms with Gasteiger partial charge in [-0.05, 0) is 73.6 Å². The smallest absolute Gasteiger partial charge is 0.256 e. The second-order valence-corrected chi connectivity index (χ2v) is 13.7. The van der Waals surface area contributed by atoms with Crippen molar-refractivity contribution in [1.29, 1.82) is 5.26 Å². The first kappa shape index (κ1) is 33.8. The predicted octanol–water partition coefficient (Wildman–Crippen LogP) is 4.42. The van der Waals surface area contributed by atoms with Crippen LogP contribution in [0.4, 0.5) is 11.6 Å². The van der Waals surface area contributed by atoms with Gasteiger partial charge in [0.25, 0.3) is 5.88 Å². The van der Waals surface area contributed by atoms with E-state index in [4.69, 9.17) is 24.0 Å². The second kappa shape index (κ2) is 15.5. The number of hydrogen-bond acceptors (Lipinski definition) is 13. The summed E-state index contributed by atoms with van der Waals surface area (Å²) in [6.45, 7) is 7.26. The second-order valence-electron chi connectivity index (χ2n) is 13.7. The summed E-state index contributed by atoms with van der Waals surface area (Å²) in [5.41, 5.74) is 2.76. The molecule has 3 aliphatic rings. The highest BCUT2D eigenvalue weighted by Crippen LogP contribution is 2.39. The summed E-state index contributed by atoms with van der Waals surface area (Å²) in [6, 6.07) is 9.72. The van der Waals surface area contributed by atoms with Crippen LogP contribution >= 0.6 is 0 Å². The zero-order valence-corrected chi connectivity index (χ0v) is 28.9. The average Bonchev–Trinajstić information content (AvgIpc) is 3.85. The van der Waals surface area contributed by atoms with Crippen LogP contribution in [0.1, 0.15) is 64.0 Å². The summed E-state index contributed by atoms with van der Waals surface area (Å²) in [4.78, 5) is 12.0. The van der Waals surface area contributed by atoms with E-state index in [2.05, 4.69) is 53.4 Å². The quantitative estimate of drug-likeness (QED) is 0.199. The Labute approximate surface area is 291 Å². The Hall–Kier alpha value is -4.65. The molecule has 1 aliphatic carbocycles. The Kier molecular flexibility index (Phi) is 10.5. The summed E-state index contributed by atoms with van der Waals surface area (Å²) in [7, 11) is 1.70. The molecular formula is C35H45N11O4. The summed E-state index contributed by atoms with van der Waals surface area (Å²) >= 11 is 0. The maximum Gasteiger partial charge on any atom is 0.256 e. The average molecular weight is 684 g/mol. The van der Waals surface area contributed by atoms with Crippen LogP contribution in [0.3, 0.4) is 0 Å². The molecule has 1 aromatic carbocycles. The highest BCUT2D eigenvalue weighted by atomic mass is 16.5. The highest BCUT2D eigenvalue weighted by molar-refractivity contribution is 5.67. The lowest BCUT2D eigenvalue weighted by Gasteiger charge is -2.43. The molecule has 0 unspecified atom stereocenters. The van der Waals surface area contributed by atoms with Crippen molar-refractivity contribution >= 4 is 11.6 Å². The Balaban J connectivity index is 1.04. The number of ether oxygens (including phenoxy) is 4. The van der Waals surface area contributed by atoms with E-state index in [1.807, 2.05) is 25.3 Å². The first-order valence-corrected chi connectivity index (χ1v) is 17.5. The van der Waals surface area contributed by atoms with Crippen LogP contribution in [0.15, 0.2) is 43.1 Å². The number of morpholine rings is 1. The minimum absolute atomic E-state index is 0.205. The Morgan fingerprint density at radius 1 is 0.980 bits per heavy atom. The minimum atomic E-state index is -0.270. The molecular weight excluding hydrogens is 638 g/mol. The van der Waals surface area contributed by atoms with E-state index in [0.717, 1.165) is 55.7 Å². The SMILES string of the molecule is COC[C@H](C)COc1nn([C@H]2CC[C@H](N3[C@@H]4CC[C@H]3COC4)CC2)cc1Nc1ncc(-c2ccc(C#N)c(O[C@@H](C)Cn3cnnn3)c2)cn1. The highest BCUT2D eigenvalue weighted by Gasteiger charge is 2.42. The van der Waals surface area contributed by atoms with Crippen molar-refractivity contribution in [3.8, 4) is 28.8 Å². The van der Waals surface area contributed by atoms with Crippen LogP contribution in [-0.4, -0.2) is 103 Å². The van der Waals surface area contributed by atoms with E-state index in [9.17, 15) is 5.26 Å². The molecule has 5 heterocycles. The fourth-order valence-electron chi connectivity index (χ4n) is 7.52. The fraction of sp³-hybridized carbons (Fsp3) is 0.571. The number of nitrogens with one attached hydrogen (secondary N) is 1. The van der Waals surface area contributed by atoms with Gasteiger partial charge in [-0.1, -0.05) is 13.0 Å². The normalized spacial score (nSPS) is 23.2. The summed E-state index contributed by atoms with van der Waals surface area (Å²) in [5, 5.41) is 29.2. The number of methoxy groups -OCH3 is 1. The van der Waals surface area contributed by atoms with Gasteiger partial charge in [0.1, 0.15) is 29.9 Å². The van der Waals surface area contributed by atoms with Gasteiger partial charge >= 0.3 is 0 Å². The van der Waals surface area contributed by atoms with Crippen LogP contribution < -0.4 is 14.8 Å². The molecule has 2 bridgehead atoms. The molecule has 50 heavy (non-hydrogen) atoms. The van der Waals surface area contributed by atoms with Crippen LogP contribution in [-0.2, 0) is 16.0 Å². The maximum atomic E-state index is 9.69. The van der Waals surface area contributed by atoms with Crippen molar-refractivity contribution in [3.05, 3.63) is 48.7 Å². The molecule has 0 radical (unpaired) electrons. The van der Waals surface area contributed by atoms with Crippen LogP contribution in [0.25, 0.3) is 11.1 Å². The van der Waals surface area contributed by atoms with Gasteiger partial charge in [-0.3, -0.25) is 9.58 Å². The molecule has 15 nitrogen and oxygen atoms in total. The van der Waals surface area contributed by atoms with Crippen molar-refractivity contribution in [2.45, 2.75) is 89.2 Å². The van der Waals surface area contributed by atoms with Crippen molar-refractivity contribution in [1.82, 2.24) is 44.9 Å². The van der Waals surface area contributed by atoms with E-state index in [0.29, 0.717) is 67.1 Å². The lowest BCUT2D eigenvalue weighted by molar-refractivity contribution is -0.0458. The molecule has 264 valence electrons. The lowest BCUT2D eigenvalue weighted by atomic mass is 9.89. The summed E-state index contributed by atoms with van der Waals surface area (Å²) in [6.07, 6.45) is 13.8. The van der Waals surface area contributed by atoms with E-state index in [1.54, 1.807) is 30.3 Å². The Morgan fingerprint density at radius 3 is 2.42 bits per heavy atom. The number of benzene rings is 1. The largest absolute Gasteiger partial charge is 0.487 e.